The van der Waals surface area contributed by atoms with Crippen LogP contribution in [-0.4, -0.2) is 24.7 Å². The van der Waals surface area contributed by atoms with E-state index in [1.165, 1.54) is 11.1 Å². The molecular weight excluding hydrogens is 322 g/mol. The lowest BCUT2D eigenvalue weighted by Gasteiger charge is -2.20. The van der Waals surface area contributed by atoms with Gasteiger partial charge in [0.2, 0.25) is 0 Å². The summed E-state index contributed by atoms with van der Waals surface area (Å²) < 4.78 is 0. The predicted molar refractivity (Wildman–Crippen MR) is 108 cm³/mol. The molecule has 26 heavy (non-hydrogen) atoms. The first kappa shape index (κ1) is 18.2. The van der Waals surface area contributed by atoms with Crippen molar-refractivity contribution in [2.45, 2.75) is 39.5 Å². The van der Waals surface area contributed by atoms with Crippen LogP contribution in [0.25, 0.3) is 0 Å². The highest BCUT2D eigenvalue weighted by Crippen LogP contribution is 2.21. The fourth-order valence-corrected chi connectivity index (χ4v) is 3.47. The number of nitrogens with zero attached hydrogens (tertiary/aromatic N) is 2. The third-order valence-electron chi connectivity index (χ3n) is 4.99. The number of nitrogens with one attached hydrogen (secondary N) is 1. The Morgan fingerprint density at radius 2 is 1.69 bits per heavy atom. The highest BCUT2D eigenvalue weighted by molar-refractivity contribution is 6.03. The highest BCUT2D eigenvalue weighted by Gasteiger charge is 2.14. The zero-order valence-corrected chi connectivity index (χ0v) is 15.7. The van der Waals surface area contributed by atoms with Crippen molar-refractivity contribution in [2.75, 3.05) is 18.0 Å². The fourth-order valence-electron chi connectivity index (χ4n) is 3.47. The second-order valence-corrected chi connectivity index (χ2v) is 6.58. The molecule has 3 rings (SSSR count). The molecule has 1 amide bonds. The minimum absolute atomic E-state index is 0.162. The largest absolute Gasteiger partial charge is 0.372 e. The van der Waals surface area contributed by atoms with Crippen molar-refractivity contribution >= 4 is 17.3 Å². The quantitative estimate of drug-likeness (QED) is 0.642. The molecule has 0 heterocycles. The van der Waals surface area contributed by atoms with Crippen LogP contribution in [0.3, 0.4) is 0 Å². The van der Waals surface area contributed by atoms with Gasteiger partial charge in [0, 0.05) is 29.9 Å². The van der Waals surface area contributed by atoms with Crippen molar-refractivity contribution in [3.05, 3.63) is 65.2 Å². The molecule has 0 bridgehead atoms. The monoisotopic (exact) mass is 349 g/mol. The summed E-state index contributed by atoms with van der Waals surface area (Å²) in [6, 6.07) is 16.1. The van der Waals surface area contributed by atoms with E-state index < -0.39 is 0 Å². The second kappa shape index (κ2) is 8.65. The Hall–Kier alpha value is -2.62. The number of rotatable bonds is 5. The molecule has 2 aromatic rings. The Morgan fingerprint density at radius 1 is 1.00 bits per heavy atom. The summed E-state index contributed by atoms with van der Waals surface area (Å²) in [5, 5.41) is 4.46. The molecule has 0 atom stereocenters. The molecule has 1 aliphatic carbocycles. The number of hydrogen-bond donors (Lipinski definition) is 1. The van der Waals surface area contributed by atoms with Gasteiger partial charge in [-0.2, -0.15) is 5.10 Å². The number of hydrogen-bond acceptors (Lipinski definition) is 3. The van der Waals surface area contributed by atoms with Crippen molar-refractivity contribution in [2.24, 2.45) is 5.10 Å². The van der Waals surface area contributed by atoms with Crippen molar-refractivity contribution < 1.29 is 4.79 Å². The first-order valence-corrected chi connectivity index (χ1v) is 9.53. The SMILES string of the molecule is CCN(CC)c1ccc(C(=O)N/N=C2\CCCCc3ccccc32)cc1. The molecule has 4 nitrogen and oxygen atoms in total. The molecule has 0 unspecified atom stereocenters. The molecule has 2 aromatic carbocycles. The number of benzene rings is 2. The average molecular weight is 349 g/mol. The van der Waals surface area contributed by atoms with Crippen molar-refractivity contribution in [3.63, 3.8) is 0 Å². The molecule has 0 saturated carbocycles. The van der Waals surface area contributed by atoms with E-state index in [1.807, 2.05) is 30.3 Å². The molecular formula is C22H27N3O. The Kier molecular flexibility index (Phi) is 6.05. The van der Waals surface area contributed by atoms with Gasteiger partial charge in [-0.3, -0.25) is 4.79 Å². The molecule has 1 N–H and O–H groups in total. The van der Waals surface area contributed by atoms with Gasteiger partial charge in [-0.1, -0.05) is 24.3 Å². The third kappa shape index (κ3) is 4.13. The zero-order chi connectivity index (χ0) is 18.4. The number of aryl methyl sites for hydroxylation is 1. The number of anilines is 1. The minimum Gasteiger partial charge on any atom is -0.372 e. The van der Waals surface area contributed by atoms with Crippen LogP contribution in [-0.2, 0) is 6.42 Å². The lowest BCUT2D eigenvalue weighted by molar-refractivity contribution is 0.0955. The van der Waals surface area contributed by atoms with Crippen LogP contribution in [0.5, 0.6) is 0 Å². The van der Waals surface area contributed by atoms with E-state index in [-0.39, 0.29) is 5.91 Å². The number of amides is 1. The minimum atomic E-state index is -0.162. The van der Waals surface area contributed by atoms with Gasteiger partial charge in [0.05, 0.1) is 5.71 Å². The Bertz CT molecular complexity index is 776. The van der Waals surface area contributed by atoms with Crippen LogP contribution in [0.2, 0.25) is 0 Å². The standard InChI is InChI=1S/C22H27N3O/c1-3-25(4-2)19-15-13-18(14-16-19)22(26)24-23-21-12-8-6-10-17-9-5-7-11-20(17)21/h5,7,9,11,13-16H,3-4,6,8,10,12H2,1-2H3,(H,24,26)/b23-21+. The molecule has 0 radical (unpaired) electrons. The fraction of sp³-hybridized carbons (Fsp3) is 0.364. The summed E-state index contributed by atoms with van der Waals surface area (Å²) >= 11 is 0. The molecule has 1 aliphatic rings. The van der Waals surface area contributed by atoms with E-state index in [0.29, 0.717) is 5.56 Å². The van der Waals surface area contributed by atoms with Gasteiger partial charge < -0.3 is 4.90 Å². The van der Waals surface area contributed by atoms with Crippen LogP contribution >= 0.6 is 0 Å². The van der Waals surface area contributed by atoms with Gasteiger partial charge >= 0.3 is 0 Å². The Balaban J connectivity index is 1.73. The number of carbonyl (C=O) groups excluding carboxylic acids is 1. The number of fused-ring (bicyclic) bond motifs is 1. The molecule has 0 fully saturated rings. The summed E-state index contributed by atoms with van der Waals surface area (Å²) in [6.45, 7) is 6.17. The van der Waals surface area contributed by atoms with Crippen LogP contribution in [0, 0.1) is 0 Å². The van der Waals surface area contributed by atoms with E-state index in [9.17, 15) is 4.79 Å². The molecule has 0 aliphatic heterocycles. The summed E-state index contributed by atoms with van der Waals surface area (Å²) in [5.41, 5.74) is 7.98. The maximum absolute atomic E-state index is 12.5. The molecule has 136 valence electrons. The maximum atomic E-state index is 12.5. The van der Waals surface area contributed by atoms with E-state index >= 15 is 0 Å². The van der Waals surface area contributed by atoms with Gasteiger partial charge in [-0.25, -0.2) is 5.43 Å². The Morgan fingerprint density at radius 3 is 2.42 bits per heavy atom. The van der Waals surface area contributed by atoms with Crippen LogP contribution in [0.4, 0.5) is 5.69 Å². The first-order chi connectivity index (χ1) is 12.7. The summed E-state index contributed by atoms with van der Waals surface area (Å²) in [4.78, 5) is 14.7. The van der Waals surface area contributed by atoms with Gasteiger partial charge in [0.25, 0.3) is 5.91 Å². The average Bonchev–Trinajstić information content (AvgIpc) is 2.90. The van der Waals surface area contributed by atoms with E-state index in [0.717, 1.165) is 50.2 Å². The Labute approximate surface area is 155 Å². The molecule has 4 heteroatoms. The van der Waals surface area contributed by atoms with E-state index in [1.54, 1.807) is 0 Å². The first-order valence-electron chi connectivity index (χ1n) is 9.53. The summed E-state index contributed by atoms with van der Waals surface area (Å²) in [5.74, 6) is -0.162. The maximum Gasteiger partial charge on any atom is 0.271 e. The smallest absolute Gasteiger partial charge is 0.271 e. The van der Waals surface area contributed by atoms with Crippen molar-refractivity contribution in [1.82, 2.24) is 5.43 Å². The second-order valence-electron chi connectivity index (χ2n) is 6.58. The highest BCUT2D eigenvalue weighted by atomic mass is 16.2. The van der Waals surface area contributed by atoms with Crippen molar-refractivity contribution in [3.8, 4) is 0 Å². The molecule has 0 saturated heterocycles. The van der Waals surface area contributed by atoms with Gasteiger partial charge in [-0.15, -0.1) is 0 Å². The van der Waals surface area contributed by atoms with Gasteiger partial charge in [0.15, 0.2) is 0 Å². The predicted octanol–water partition coefficient (Wildman–Crippen LogP) is 4.39. The lowest BCUT2D eigenvalue weighted by Crippen LogP contribution is -2.22. The molecule has 0 aromatic heterocycles. The number of carbonyl (C=O) groups is 1. The summed E-state index contributed by atoms with van der Waals surface area (Å²) in [7, 11) is 0. The topological polar surface area (TPSA) is 44.7 Å². The van der Waals surface area contributed by atoms with E-state index in [4.69, 9.17) is 0 Å². The van der Waals surface area contributed by atoms with Gasteiger partial charge in [-0.05, 0) is 69.4 Å². The molecule has 0 spiro atoms. The van der Waals surface area contributed by atoms with Gasteiger partial charge in [0.1, 0.15) is 0 Å². The van der Waals surface area contributed by atoms with Crippen LogP contribution < -0.4 is 10.3 Å². The van der Waals surface area contributed by atoms with E-state index in [2.05, 4.69) is 47.5 Å². The summed E-state index contributed by atoms with van der Waals surface area (Å²) in [6.07, 6.45) is 4.24. The number of hydrazone groups is 1. The lowest BCUT2D eigenvalue weighted by atomic mass is 10.0. The zero-order valence-electron chi connectivity index (χ0n) is 15.7. The van der Waals surface area contributed by atoms with Crippen LogP contribution in [0.15, 0.2) is 53.6 Å². The van der Waals surface area contributed by atoms with Crippen molar-refractivity contribution in [1.29, 1.82) is 0 Å². The normalized spacial score (nSPS) is 15.2. The third-order valence-corrected chi connectivity index (χ3v) is 4.99. The van der Waals surface area contributed by atoms with Crippen LogP contribution in [0.1, 0.15) is 54.6 Å².